The van der Waals surface area contributed by atoms with E-state index in [4.69, 9.17) is 9.47 Å². The van der Waals surface area contributed by atoms with Crippen molar-refractivity contribution in [1.82, 2.24) is 10.3 Å². The molecule has 0 radical (unpaired) electrons. The first-order valence-electron chi connectivity index (χ1n) is 9.54. The summed E-state index contributed by atoms with van der Waals surface area (Å²) < 4.78 is 11.4. The lowest BCUT2D eigenvalue weighted by molar-refractivity contribution is -0.133. The number of nitrogens with one attached hydrogen (secondary N) is 2. The Kier molecular flexibility index (Phi) is 5.94. The van der Waals surface area contributed by atoms with Gasteiger partial charge in [-0.2, -0.15) is 0 Å². The molecule has 0 bridgehead atoms. The van der Waals surface area contributed by atoms with Crippen molar-refractivity contribution in [2.75, 3.05) is 11.9 Å². The van der Waals surface area contributed by atoms with Gasteiger partial charge in [0.15, 0.2) is 16.6 Å². The molecule has 2 amide bonds. The van der Waals surface area contributed by atoms with Crippen LogP contribution in [0.2, 0.25) is 0 Å². The molecule has 1 aliphatic heterocycles. The van der Waals surface area contributed by atoms with Gasteiger partial charge in [0, 0.05) is 17.5 Å². The summed E-state index contributed by atoms with van der Waals surface area (Å²) in [6.07, 6.45) is 1.19. The van der Waals surface area contributed by atoms with Crippen molar-refractivity contribution >= 4 is 28.3 Å². The van der Waals surface area contributed by atoms with Gasteiger partial charge >= 0.3 is 0 Å². The molecule has 1 aromatic heterocycles. The van der Waals surface area contributed by atoms with Crippen LogP contribution in [0.15, 0.2) is 60.8 Å². The first kappa shape index (κ1) is 19.9. The summed E-state index contributed by atoms with van der Waals surface area (Å²) >= 11 is 1.38. The van der Waals surface area contributed by atoms with Crippen molar-refractivity contribution in [3.63, 3.8) is 0 Å². The smallest absolute Gasteiger partial charge is 0.265 e. The second-order valence-corrected chi connectivity index (χ2v) is 8.12. The van der Waals surface area contributed by atoms with E-state index in [1.54, 1.807) is 18.3 Å². The summed E-state index contributed by atoms with van der Waals surface area (Å²) in [6.45, 7) is 1.99. The van der Waals surface area contributed by atoms with Crippen LogP contribution >= 0.6 is 11.3 Å². The number of benzene rings is 2. The zero-order valence-electron chi connectivity index (χ0n) is 16.3. The monoisotopic (exact) mass is 423 g/mol. The Morgan fingerprint density at radius 3 is 2.60 bits per heavy atom. The number of thiazole rings is 1. The van der Waals surface area contributed by atoms with Crippen molar-refractivity contribution in [3.05, 3.63) is 71.2 Å². The fourth-order valence-corrected chi connectivity index (χ4v) is 3.74. The Labute approximate surface area is 178 Å². The Balaban J connectivity index is 1.47. The molecule has 2 heterocycles. The van der Waals surface area contributed by atoms with Gasteiger partial charge in [-0.1, -0.05) is 42.5 Å². The van der Waals surface area contributed by atoms with Crippen LogP contribution in [-0.2, 0) is 16.0 Å². The number of carbonyl (C=O) groups excluding carboxylic acids is 2. The number of hydrogen-bond acceptors (Lipinski definition) is 6. The maximum Gasteiger partial charge on any atom is 0.265 e. The van der Waals surface area contributed by atoms with E-state index in [0.717, 1.165) is 10.4 Å². The van der Waals surface area contributed by atoms with E-state index in [0.29, 0.717) is 23.1 Å². The number of carbonyl (C=O) groups is 2. The van der Waals surface area contributed by atoms with Crippen molar-refractivity contribution in [1.29, 1.82) is 0 Å². The molecule has 4 rings (SSSR count). The minimum absolute atomic E-state index is 0.0776. The van der Waals surface area contributed by atoms with Gasteiger partial charge in [0.2, 0.25) is 12.0 Å². The van der Waals surface area contributed by atoms with Gasteiger partial charge in [0.1, 0.15) is 12.6 Å². The molecule has 0 saturated carbocycles. The third-order valence-corrected chi connectivity index (χ3v) is 5.40. The molecular formula is C22H21N3O4S. The number of rotatable bonds is 6. The number of aryl methyl sites for hydroxylation is 1. The highest BCUT2D eigenvalue weighted by molar-refractivity contribution is 7.15. The molecule has 154 valence electrons. The SMILES string of the molecule is Cc1cnc(NC(=O)[C@H](Cc2ccccc2)NC(=O)C2COc3ccccc3O2)s1. The van der Waals surface area contributed by atoms with Gasteiger partial charge in [-0.3, -0.25) is 9.59 Å². The standard InChI is InChI=1S/C22H21N3O4S/c1-14-12-23-22(30-14)25-20(26)16(11-15-7-3-2-4-8-15)24-21(27)19-13-28-17-9-5-6-10-18(17)29-19/h2-10,12,16,19H,11,13H2,1H3,(H,24,27)(H,23,25,26)/t16-,19?/m0/s1. The minimum atomic E-state index is -0.840. The van der Waals surface area contributed by atoms with E-state index in [1.165, 1.54) is 11.3 Å². The summed E-state index contributed by atoms with van der Waals surface area (Å²) in [5.74, 6) is 0.361. The average molecular weight is 423 g/mol. The molecule has 1 unspecified atom stereocenters. The van der Waals surface area contributed by atoms with E-state index in [-0.39, 0.29) is 12.5 Å². The van der Waals surface area contributed by atoms with Crippen LogP contribution in [0.1, 0.15) is 10.4 Å². The lowest BCUT2D eigenvalue weighted by Crippen LogP contribution is -2.52. The Morgan fingerprint density at radius 1 is 1.13 bits per heavy atom. The van der Waals surface area contributed by atoms with Gasteiger partial charge in [-0.15, -0.1) is 11.3 Å². The van der Waals surface area contributed by atoms with E-state index in [9.17, 15) is 9.59 Å². The fourth-order valence-electron chi connectivity index (χ4n) is 3.08. The summed E-state index contributed by atoms with van der Waals surface area (Å²) in [7, 11) is 0. The second-order valence-electron chi connectivity index (χ2n) is 6.88. The Bertz CT molecular complexity index is 1040. The highest BCUT2D eigenvalue weighted by Gasteiger charge is 2.31. The van der Waals surface area contributed by atoms with Gasteiger partial charge < -0.3 is 20.1 Å². The quantitative estimate of drug-likeness (QED) is 0.636. The third-order valence-electron chi connectivity index (χ3n) is 4.57. The number of amides is 2. The molecule has 2 aromatic carbocycles. The molecule has 30 heavy (non-hydrogen) atoms. The van der Waals surface area contributed by atoms with E-state index < -0.39 is 18.1 Å². The van der Waals surface area contributed by atoms with Crippen LogP contribution in [0.4, 0.5) is 5.13 Å². The van der Waals surface area contributed by atoms with Crippen LogP contribution in [0.5, 0.6) is 11.5 Å². The van der Waals surface area contributed by atoms with Crippen LogP contribution in [-0.4, -0.2) is 35.6 Å². The summed E-state index contributed by atoms with van der Waals surface area (Å²) in [5, 5.41) is 6.10. The molecule has 0 fully saturated rings. The molecule has 8 heteroatoms. The number of ether oxygens (including phenoxy) is 2. The molecule has 7 nitrogen and oxygen atoms in total. The highest BCUT2D eigenvalue weighted by atomic mass is 32.1. The van der Waals surface area contributed by atoms with Crippen LogP contribution in [0, 0.1) is 6.92 Å². The molecule has 0 saturated heterocycles. The van der Waals surface area contributed by atoms with Crippen molar-refractivity contribution in [3.8, 4) is 11.5 Å². The normalized spacial score (nSPS) is 15.8. The van der Waals surface area contributed by atoms with Crippen LogP contribution in [0.25, 0.3) is 0 Å². The number of para-hydroxylation sites is 2. The molecule has 1 aliphatic rings. The molecule has 2 atom stereocenters. The lowest BCUT2D eigenvalue weighted by atomic mass is 10.0. The number of fused-ring (bicyclic) bond motifs is 1. The van der Waals surface area contributed by atoms with Gasteiger partial charge in [0.25, 0.3) is 5.91 Å². The maximum atomic E-state index is 12.9. The zero-order chi connectivity index (χ0) is 20.9. The predicted molar refractivity (Wildman–Crippen MR) is 114 cm³/mol. The Morgan fingerprint density at radius 2 is 1.87 bits per heavy atom. The van der Waals surface area contributed by atoms with E-state index >= 15 is 0 Å². The van der Waals surface area contributed by atoms with Crippen LogP contribution in [0.3, 0.4) is 0 Å². The summed E-state index contributed by atoms with van der Waals surface area (Å²) in [5.41, 5.74) is 0.930. The lowest BCUT2D eigenvalue weighted by Gasteiger charge is -2.27. The molecule has 3 aromatic rings. The van der Waals surface area contributed by atoms with Crippen molar-refractivity contribution in [2.24, 2.45) is 0 Å². The predicted octanol–water partition coefficient (Wildman–Crippen LogP) is 2.96. The van der Waals surface area contributed by atoms with Gasteiger partial charge in [-0.25, -0.2) is 4.98 Å². The van der Waals surface area contributed by atoms with Gasteiger partial charge in [-0.05, 0) is 24.6 Å². The number of anilines is 1. The maximum absolute atomic E-state index is 12.9. The number of hydrogen-bond donors (Lipinski definition) is 2. The third kappa shape index (κ3) is 4.77. The molecular weight excluding hydrogens is 402 g/mol. The number of nitrogens with zero attached hydrogens (tertiary/aromatic N) is 1. The second kappa shape index (κ2) is 8.96. The Hall–Kier alpha value is -3.39. The molecule has 2 N–H and O–H groups in total. The highest BCUT2D eigenvalue weighted by Crippen LogP contribution is 2.30. The van der Waals surface area contributed by atoms with Crippen LogP contribution < -0.4 is 20.1 Å². The minimum Gasteiger partial charge on any atom is -0.485 e. The van der Waals surface area contributed by atoms with Crippen molar-refractivity contribution < 1.29 is 19.1 Å². The molecule has 0 spiro atoms. The number of aromatic nitrogens is 1. The van der Waals surface area contributed by atoms with Crippen molar-refractivity contribution in [2.45, 2.75) is 25.5 Å². The topological polar surface area (TPSA) is 89.6 Å². The first-order valence-corrected chi connectivity index (χ1v) is 10.4. The fraction of sp³-hybridized carbons (Fsp3) is 0.227. The zero-order valence-corrected chi connectivity index (χ0v) is 17.1. The first-order chi connectivity index (χ1) is 14.6. The summed E-state index contributed by atoms with van der Waals surface area (Å²) in [6, 6.07) is 15.9. The average Bonchev–Trinajstić information content (AvgIpc) is 3.18. The van der Waals surface area contributed by atoms with E-state index in [2.05, 4.69) is 15.6 Å². The largest absolute Gasteiger partial charge is 0.485 e. The molecule has 0 aliphatic carbocycles. The van der Waals surface area contributed by atoms with E-state index in [1.807, 2.05) is 49.4 Å². The van der Waals surface area contributed by atoms with Gasteiger partial charge in [0.05, 0.1) is 0 Å². The summed E-state index contributed by atoms with van der Waals surface area (Å²) in [4.78, 5) is 30.9.